The van der Waals surface area contributed by atoms with Crippen molar-refractivity contribution in [3.63, 3.8) is 0 Å². The second-order valence-corrected chi connectivity index (χ2v) is 6.75. The Morgan fingerprint density at radius 2 is 1.95 bits per heavy atom. The van der Waals surface area contributed by atoms with Gasteiger partial charge in [-0.2, -0.15) is 0 Å². The molecule has 112 valence electrons. The van der Waals surface area contributed by atoms with Crippen LogP contribution in [0.5, 0.6) is 5.75 Å². The number of rotatable bonds is 5. The molecule has 21 heavy (non-hydrogen) atoms. The lowest BCUT2D eigenvalue weighted by molar-refractivity contribution is 0.474. The summed E-state index contributed by atoms with van der Waals surface area (Å²) in [5.74, 6) is 0.188. The molecular weight excluding hydrogens is 312 g/mol. The summed E-state index contributed by atoms with van der Waals surface area (Å²) >= 11 is 6.08. The molecule has 0 aliphatic carbocycles. The minimum absolute atomic E-state index is 0.188. The molecule has 2 rings (SSSR count). The van der Waals surface area contributed by atoms with Crippen molar-refractivity contribution in [2.24, 2.45) is 0 Å². The third-order valence-corrected chi connectivity index (χ3v) is 3.60. The monoisotopic (exact) mass is 326 g/mol. The van der Waals surface area contributed by atoms with Crippen LogP contribution in [0, 0.1) is 0 Å². The summed E-state index contributed by atoms with van der Waals surface area (Å²) in [5, 5.41) is 13.0. The highest BCUT2D eigenvalue weighted by Gasteiger charge is 2.06. The van der Waals surface area contributed by atoms with E-state index in [0.717, 1.165) is 11.8 Å². The van der Waals surface area contributed by atoms with E-state index in [1.54, 1.807) is 36.4 Å². The molecular formula is C14H15ClN2O3S. The van der Waals surface area contributed by atoms with Crippen LogP contribution in [0.2, 0.25) is 5.02 Å². The first-order valence-corrected chi connectivity index (χ1v) is 8.39. The lowest BCUT2D eigenvalue weighted by Gasteiger charge is -2.11. The predicted molar refractivity (Wildman–Crippen MR) is 85.4 cm³/mol. The fourth-order valence-electron chi connectivity index (χ4n) is 1.80. The van der Waals surface area contributed by atoms with E-state index in [1.807, 2.05) is 6.07 Å². The van der Waals surface area contributed by atoms with E-state index in [1.165, 1.54) is 0 Å². The highest BCUT2D eigenvalue weighted by molar-refractivity contribution is 7.92. The number of phenolic OH excluding ortho intramolecular Hbond substituents is 1. The Hall–Kier alpha value is -1.92. The summed E-state index contributed by atoms with van der Waals surface area (Å²) in [6.07, 6.45) is 1.08. The van der Waals surface area contributed by atoms with Gasteiger partial charge in [-0.05, 0) is 35.9 Å². The summed E-state index contributed by atoms with van der Waals surface area (Å²) in [5.41, 5.74) is 1.92. The van der Waals surface area contributed by atoms with Crippen molar-refractivity contribution in [3.05, 3.63) is 53.1 Å². The first-order chi connectivity index (χ1) is 9.83. The zero-order valence-corrected chi connectivity index (χ0v) is 12.9. The maximum Gasteiger partial charge on any atom is 0.229 e. The Kier molecular flexibility index (Phi) is 4.59. The van der Waals surface area contributed by atoms with Gasteiger partial charge < -0.3 is 10.4 Å². The van der Waals surface area contributed by atoms with Gasteiger partial charge in [0.1, 0.15) is 5.75 Å². The summed E-state index contributed by atoms with van der Waals surface area (Å²) < 4.78 is 24.8. The number of nitrogens with one attached hydrogen (secondary N) is 2. The third-order valence-electron chi connectivity index (χ3n) is 2.66. The standard InChI is InChI=1S/C14H15ClN2O3S/c1-21(19,20)17-11-5-6-13(15)14(8-11)16-9-10-3-2-4-12(18)7-10/h2-8,16-18H,9H2,1H3. The smallest absolute Gasteiger partial charge is 0.229 e. The Labute approximate surface area is 128 Å². The molecule has 2 aromatic rings. The van der Waals surface area contributed by atoms with Gasteiger partial charge in [0.25, 0.3) is 0 Å². The average Bonchev–Trinajstić information content (AvgIpc) is 2.38. The van der Waals surface area contributed by atoms with E-state index in [4.69, 9.17) is 11.6 Å². The second-order valence-electron chi connectivity index (χ2n) is 4.59. The van der Waals surface area contributed by atoms with Crippen LogP contribution in [0.3, 0.4) is 0 Å². The molecule has 0 saturated heterocycles. The van der Waals surface area contributed by atoms with Crippen molar-refractivity contribution in [2.75, 3.05) is 16.3 Å². The van der Waals surface area contributed by atoms with Gasteiger partial charge in [-0.15, -0.1) is 0 Å². The summed E-state index contributed by atoms with van der Waals surface area (Å²) in [4.78, 5) is 0. The second kappa shape index (κ2) is 6.24. The molecule has 0 unspecified atom stereocenters. The number of anilines is 2. The first kappa shape index (κ1) is 15.5. The normalized spacial score (nSPS) is 11.1. The quantitative estimate of drug-likeness (QED) is 0.789. The van der Waals surface area contributed by atoms with Crippen LogP contribution >= 0.6 is 11.6 Å². The molecule has 0 aliphatic rings. The van der Waals surface area contributed by atoms with Gasteiger partial charge in [-0.1, -0.05) is 23.7 Å². The fraction of sp³-hybridized carbons (Fsp3) is 0.143. The molecule has 0 atom stereocenters. The van der Waals surface area contributed by atoms with Crippen LogP contribution in [0.1, 0.15) is 5.56 Å². The van der Waals surface area contributed by atoms with Gasteiger partial charge in [-0.3, -0.25) is 4.72 Å². The highest BCUT2D eigenvalue weighted by Crippen LogP contribution is 2.26. The number of sulfonamides is 1. The molecule has 0 fully saturated rings. The number of benzene rings is 2. The number of hydrogen-bond donors (Lipinski definition) is 3. The molecule has 0 bridgehead atoms. The molecule has 7 heteroatoms. The molecule has 0 heterocycles. The van der Waals surface area contributed by atoms with Crippen LogP contribution in [-0.4, -0.2) is 19.8 Å². The van der Waals surface area contributed by atoms with Crippen molar-refractivity contribution >= 4 is 33.0 Å². The Morgan fingerprint density at radius 3 is 2.62 bits per heavy atom. The van der Waals surface area contributed by atoms with E-state index >= 15 is 0 Å². The molecule has 0 aliphatic heterocycles. The average molecular weight is 327 g/mol. The van der Waals surface area contributed by atoms with Crippen LogP contribution in [0.15, 0.2) is 42.5 Å². The maximum atomic E-state index is 11.2. The maximum absolute atomic E-state index is 11.2. The Morgan fingerprint density at radius 1 is 1.19 bits per heavy atom. The van der Waals surface area contributed by atoms with Gasteiger partial charge in [0.15, 0.2) is 0 Å². The molecule has 5 nitrogen and oxygen atoms in total. The van der Waals surface area contributed by atoms with Crippen LogP contribution in [0.25, 0.3) is 0 Å². The van der Waals surface area contributed by atoms with Gasteiger partial charge in [0.05, 0.1) is 22.7 Å². The SMILES string of the molecule is CS(=O)(=O)Nc1ccc(Cl)c(NCc2cccc(O)c2)c1. The fourth-order valence-corrected chi connectivity index (χ4v) is 2.54. The number of aromatic hydroxyl groups is 1. The van der Waals surface area contributed by atoms with E-state index in [2.05, 4.69) is 10.0 Å². The molecule has 0 saturated carbocycles. The van der Waals surface area contributed by atoms with Gasteiger partial charge in [0, 0.05) is 6.54 Å². The Balaban J connectivity index is 2.14. The molecule has 0 aromatic heterocycles. The van der Waals surface area contributed by atoms with Gasteiger partial charge in [0.2, 0.25) is 10.0 Å². The minimum Gasteiger partial charge on any atom is -0.508 e. The minimum atomic E-state index is -3.33. The third kappa shape index (κ3) is 4.84. The van der Waals surface area contributed by atoms with Crippen molar-refractivity contribution in [3.8, 4) is 5.75 Å². The van der Waals surface area contributed by atoms with Crippen LogP contribution in [-0.2, 0) is 16.6 Å². The van der Waals surface area contributed by atoms with Crippen molar-refractivity contribution in [2.45, 2.75) is 6.54 Å². The van der Waals surface area contributed by atoms with Gasteiger partial charge in [-0.25, -0.2) is 8.42 Å². The molecule has 2 aromatic carbocycles. The summed E-state index contributed by atoms with van der Waals surface area (Å²) in [6, 6.07) is 11.6. The van der Waals surface area contributed by atoms with Crippen molar-refractivity contribution < 1.29 is 13.5 Å². The number of halogens is 1. The first-order valence-electron chi connectivity index (χ1n) is 6.12. The Bertz CT molecular complexity index is 748. The van der Waals surface area contributed by atoms with Crippen molar-refractivity contribution in [1.82, 2.24) is 0 Å². The lowest BCUT2D eigenvalue weighted by atomic mass is 10.2. The molecule has 0 spiro atoms. The van der Waals surface area contributed by atoms with E-state index < -0.39 is 10.0 Å². The largest absolute Gasteiger partial charge is 0.508 e. The van der Waals surface area contributed by atoms with E-state index in [9.17, 15) is 13.5 Å². The predicted octanol–water partition coefficient (Wildman–Crippen LogP) is 3.03. The molecule has 0 radical (unpaired) electrons. The van der Waals surface area contributed by atoms with E-state index in [0.29, 0.717) is 22.9 Å². The summed E-state index contributed by atoms with van der Waals surface area (Å²) in [7, 11) is -3.33. The van der Waals surface area contributed by atoms with E-state index in [-0.39, 0.29) is 5.75 Å². The lowest BCUT2D eigenvalue weighted by Crippen LogP contribution is -2.10. The zero-order valence-electron chi connectivity index (χ0n) is 11.3. The molecule has 3 N–H and O–H groups in total. The van der Waals surface area contributed by atoms with Crippen LogP contribution < -0.4 is 10.0 Å². The highest BCUT2D eigenvalue weighted by atomic mass is 35.5. The number of hydrogen-bond acceptors (Lipinski definition) is 4. The topological polar surface area (TPSA) is 78.4 Å². The van der Waals surface area contributed by atoms with Crippen molar-refractivity contribution in [1.29, 1.82) is 0 Å². The van der Waals surface area contributed by atoms with Gasteiger partial charge >= 0.3 is 0 Å². The summed E-state index contributed by atoms with van der Waals surface area (Å²) in [6.45, 7) is 0.455. The van der Waals surface area contributed by atoms with Crippen LogP contribution in [0.4, 0.5) is 11.4 Å². The number of phenols is 1. The zero-order chi connectivity index (χ0) is 15.5. The molecule has 0 amide bonds.